The lowest BCUT2D eigenvalue weighted by Crippen LogP contribution is -2.14. The van der Waals surface area contributed by atoms with Crippen molar-refractivity contribution in [2.75, 3.05) is 4.90 Å². The van der Waals surface area contributed by atoms with Gasteiger partial charge in [0.05, 0.1) is 17.1 Å². The van der Waals surface area contributed by atoms with Crippen LogP contribution in [0.1, 0.15) is 43.6 Å². The quantitative estimate of drug-likeness (QED) is 0.152. The number of hydrogen-bond donors (Lipinski definition) is 0. The summed E-state index contributed by atoms with van der Waals surface area (Å²) in [5.74, 6) is 0.554. The molecule has 64 heavy (non-hydrogen) atoms. The van der Waals surface area contributed by atoms with Crippen molar-refractivity contribution in [3.63, 3.8) is 0 Å². The van der Waals surface area contributed by atoms with Crippen LogP contribution in [-0.2, 0) is 0 Å². The molecule has 2 nitrogen and oxygen atoms in total. The highest BCUT2D eigenvalue weighted by molar-refractivity contribution is 6.15. The first-order valence-corrected chi connectivity index (χ1v) is 22.9. The SMILES string of the molecule is c1ccc(-c2cccc3cccc(-c4ccccc4N(c4ccccc4-c4cccc5cccc(C6CCCCC6)c45)c4ccccc4-c4cccc5oc6ccccc6c45)c23)cc1. The number of nitrogens with zero attached hydrogens (tertiary/aromatic N) is 1. The molecule has 0 saturated heterocycles. The zero-order valence-electron chi connectivity index (χ0n) is 35.8. The maximum atomic E-state index is 6.52. The monoisotopic (exact) mass is 821 g/mol. The molecule has 2 heteroatoms. The molecule has 11 aromatic rings. The molecule has 0 spiro atoms. The number of para-hydroxylation sites is 4. The average Bonchev–Trinajstić information content (AvgIpc) is 3.76. The van der Waals surface area contributed by atoms with Crippen molar-refractivity contribution >= 4 is 60.5 Å². The zero-order chi connectivity index (χ0) is 42.4. The van der Waals surface area contributed by atoms with Crippen LogP contribution in [0.2, 0.25) is 0 Å². The lowest BCUT2D eigenvalue weighted by atomic mass is 9.80. The molecule has 1 fully saturated rings. The molecule has 0 atom stereocenters. The summed E-state index contributed by atoms with van der Waals surface area (Å²) < 4.78 is 6.52. The van der Waals surface area contributed by atoms with E-state index in [1.807, 2.05) is 0 Å². The Hall–Kier alpha value is -7.68. The van der Waals surface area contributed by atoms with Crippen LogP contribution in [0.25, 0.3) is 88.0 Å². The smallest absolute Gasteiger partial charge is 0.136 e. The minimum Gasteiger partial charge on any atom is -0.456 e. The van der Waals surface area contributed by atoms with E-state index < -0.39 is 0 Å². The van der Waals surface area contributed by atoms with Crippen molar-refractivity contribution in [2.45, 2.75) is 38.0 Å². The highest BCUT2D eigenvalue weighted by Crippen LogP contribution is 2.52. The summed E-state index contributed by atoms with van der Waals surface area (Å²) in [5.41, 5.74) is 16.1. The third kappa shape index (κ3) is 6.48. The fourth-order valence-electron chi connectivity index (χ4n) is 10.8. The van der Waals surface area contributed by atoms with E-state index in [-0.39, 0.29) is 0 Å². The van der Waals surface area contributed by atoms with E-state index in [4.69, 9.17) is 4.42 Å². The van der Waals surface area contributed by atoms with Crippen molar-refractivity contribution in [1.29, 1.82) is 0 Å². The highest BCUT2D eigenvalue weighted by atomic mass is 16.3. The van der Waals surface area contributed by atoms with Gasteiger partial charge in [-0.15, -0.1) is 0 Å². The van der Waals surface area contributed by atoms with Crippen LogP contribution >= 0.6 is 0 Å². The molecule has 0 unspecified atom stereocenters. The first-order valence-electron chi connectivity index (χ1n) is 22.9. The van der Waals surface area contributed by atoms with Gasteiger partial charge in [0.2, 0.25) is 0 Å². The van der Waals surface area contributed by atoms with Gasteiger partial charge in [0, 0.05) is 27.5 Å². The number of furan rings is 1. The molecular weight excluding hydrogens is 775 g/mol. The first kappa shape index (κ1) is 38.0. The lowest BCUT2D eigenvalue weighted by Gasteiger charge is -2.32. The summed E-state index contributed by atoms with van der Waals surface area (Å²) in [4.78, 5) is 2.55. The summed E-state index contributed by atoms with van der Waals surface area (Å²) >= 11 is 0. The standard InChI is InChI=1S/C62H47NO/c1-3-20-42(21-4-1)46-32-15-24-44-26-17-34-51(60(44)46)48-28-7-11-37-55(48)63(57-39-13-9-30-50(57)53-36-19-41-59-62(53)54-31-10-14-40-58(54)64-59)56-38-12-8-29-49(56)52-35-18-27-45-25-16-33-47(61(45)52)43-22-5-2-6-23-43/h1,3-4,7-21,24-41,43H,2,5-6,22-23H2. The van der Waals surface area contributed by atoms with Crippen LogP contribution in [0.4, 0.5) is 17.1 Å². The van der Waals surface area contributed by atoms with E-state index in [1.54, 1.807) is 0 Å². The van der Waals surface area contributed by atoms with Crippen LogP contribution in [0, 0.1) is 0 Å². The lowest BCUT2D eigenvalue weighted by molar-refractivity contribution is 0.445. The van der Waals surface area contributed by atoms with E-state index in [9.17, 15) is 0 Å². The molecule has 1 aromatic heterocycles. The topological polar surface area (TPSA) is 16.4 Å². The third-order valence-corrected chi connectivity index (χ3v) is 13.7. The van der Waals surface area contributed by atoms with Crippen LogP contribution in [0.5, 0.6) is 0 Å². The number of hydrogen-bond acceptors (Lipinski definition) is 2. The molecule has 1 heterocycles. The fraction of sp³-hybridized carbons (Fsp3) is 0.0968. The van der Waals surface area contributed by atoms with Gasteiger partial charge >= 0.3 is 0 Å². The molecule has 0 aliphatic heterocycles. The second kappa shape index (κ2) is 16.2. The predicted molar refractivity (Wildman–Crippen MR) is 271 cm³/mol. The number of rotatable bonds is 8. The fourth-order valence-corrected chi connectivity index (χ4v) is 10.8. The van der Waals surface area contributed by atoms with Crippen LogP contribution in [0.15, 0.2) is 223 Å². The number of benzene rings is 10. The zero-order valence-corrected chi connectivity index (χ0v) is 35.8. The molecule has 1 aliphatic rings. The molecule has 0 amide bonds. The van der Waals surface area contributed by atoms with Crippen molar-refractivity contribution in [3.05, 3.63) is 224 Å². The molecule has 0 radical (unpaired) electrons. The van der Waals surface area contributed by atoms with Crippen molar-refractivity contribution in [1.82, 2.24) is 0 Å². The average molecular weight is 822 g/mol. The third-order valence-electron chi connectivity index (χ3n) is 13.7. The highest BCUT2D eigenvalue weighted by Gasteiger charge is 2.27. The van der Waals surface area contributed by atoms with Crippen LogP contribution in [0.3, 0.4) is 0 Å². The van der Waals surface area contributed by atoms with Gasteiger partial charge in [-0.05, 0) is 104 Å². The van der Waals surface area contributed by atoms with Gasteiger partial charge in [-0.3, -0.25) is 0 Å². The normalized spacial score (nSPS) is 13.2. The van der Waals surface area contributed by atoms with E-state index in [0.29, 0.717) is 5.92 Å². The summed E-state index contributed by atoms with van der Waals surface area (Å²) in [6.07, 6.45) is 6.40. The Morgan fingerprint density at radius 2 is 0.781 bits per heavy atom. The maximum absolute atomic E-state index is 6.52. The molecule has 12 rings (SSSR count). The number of fused-ring (bicyclic) bond motifs is 5. The molecule has 10 aromatic carbocycles. The number of anilines is 3. The van der Waals surface area contributed by atoms with E-state index in [2.05, 4.69) is 223 Å². The van der Waals surface area contributed by atoms with E-state index in [1.165, 1.54) is 87.0 Å². The van der Waals surface area contributed by atoms with Crippen molar-refractivity contribution in [2.24, 2.45) is 0 Å². The Morgan fingerprint density at radius 1 is 0.328 bits per heavy atom. The maximum Gasteiger partial charge on any atom is 0.136 e. The Kier molecular flexibility index (Phi) is 9.64. The minimum absolute atomic E-state index is 0.554. The molecule has 306 valence electrons. The summed E-state index contributed by atoms with van der Waals surface area (Å²) in [6.45, 7) is 0. The minimum atomic E-state index is 0.554. The summed E-state index contributed by atoms with van der Waals surface area (Å²) in [5, 5.41) is 7.37. The Morgan fingerprint density at radius 3 is 1.42 bits per heavy atom. The Balaban J connectivity index is 1.16. The van der Waals surface area contributed by atoms with Gasteiger partial charge in [-0.2, -0.15) is 0 Å². The van der Waals surface area contributed by atoms with Crippen molar-refractivity contribution < 1.29 is 4.42 Å². The molecule has 1 aliphatic carbocycles. The summed E-state index contributed by atoms with van der Waals surface area (Å²) in [6, 6.07) is 80.2. The van der Waals surface area contributed by atoms with Gasteiger partial charge < -0.3 is 9.32 Å². The van der Waals surface area contributed by atoms with Crippen molar-refractivity contribution in [3.8, 4) is 44.5 Å². The largest absolute Gasteiger partial charge is 0.456 e. The Labute approximate surface area is 374 Å². The summed E-state index contributed by atoms with van der Waals surface area (Å²) in [7, 11) is 0. The molecule has 1 saturated carbocycles. The second-order valence-corrected chi connectivity index (χ2v) is 17.3. The first-order chi connectivity index (χ1) is 31.8. The molecule has 0 bridgehead atoms. The van der Waals surface area contributed by atoms with Crippen LogP contribution in [-0.4, -0.2) is 0 Å². The Bertz CT molecular complexity index is 3490. The van der Waals surface area contributed by atoms with E-state index >= 15 is 0 Å². The predicted octanol–water partition coefficient (Wildman–Crippen LogP) is 18.1. The van der Waals surface area contributed by atoms with Gasteiger partial charge in [-0.1, -0.05) is 207 Å². The van der Waals surface area contributed by atoms with E-state index in [0.717, 1.165) is 55.7 Å². The van der Waals surface area contributed by atoms with Gasteiger partial charge in [0.25, 0.3) is 0 Å². The van der Waals surface area contributed by atoms with Gasteiger partial charge in [0.1, 0.15) is 11.2 Å². The van der Waals surface area contributed by atoms with Crippen LogP contribution < -0.4 is 4.90 Å². The van der Waals surface area contributed by atoms with Gasteiger partial charge in [-0.25, -0.2) is 0 Å². The second-order valence-electron chi connectivity index (χ2n) is 17.3. The van der Waals surface area contributed by atoms with Gasteiger partial charge in [0.15, 0.2) is 0 Å². The molecular formula is C62H47NO. The molecule has 0 N–H and O–H groups in total.